The van der Waals surface area contributed by atoms with Gasteiger partial charge in [-0.25, -0.2) is 4.52 Å². The minimum atomic E-state index is -0.266. The van der Waals surface area contributed by atoms with Crippen molar-refractivity contribution in [2.45, 2.75) is 18.9 Å². The molecule has 5 rings (SSSR count). The first kappa shape index (κ1) is 19.3. The topological polar surface area (TPSA) is 81.2 Å². The molecular formula is C19H14Cl3N7O. The van der Waals surface area contributed by atoms with Crippen molar-refractivity contribution in [1.29, 1.82) is 0 Å². The van der Waals surface area contributed by atoms with Crippen molar-refractivity contribution in [2.24, 2.45) is 0 Å². The molecule has 4 heterocycles. The Hall–Kier alpha value is -2.68. The zero-order chi connectivity index (χ0) is 20.8. The number of halogens is 3. The molecular weight excluding hydrogens is 449 g/mol. The van der Waals surface area contributed by atoms with E-state index in [2.05, 4.69) is 15.0 Å². The van der Waals surface area contributed by atoms with Gasteiger partial charge in [-0.2, -0.15) is 20.1 Å². The van der Waals surface area contributed by atoms with Crippen LogP contribution in [0.1, 0.15) is 24.7 Å². The lowest BCUT2D eigenvalue weighted by Crippen LogP contribution is -2.33. The van der Waals surface area contributed by atoms with Crippen LogP contribution in [0.2, 0.25) is 15.6 Å². The van der Waals surface area contributed by atoms with Gasteiger partial charge >= 0.3 is 0 Å². The maximum absolute atomic E-state index is 13.5. The Morgan fingerprint density at radius 3 is 2.43 bits per heavy atom. The molecule has 1 aromatic carbocycles. The van der Waals surface area contributed by atoms with Gasteiger partial charge in [0.1, 0.15) is 5.52 Å². The third-order valence-corrected chi connectivity index (χ3v) is 5.70. The van der Waals surface area contributed by atoms with Crippen molar-refractivity contribution in [1.82, 2.24) is 29.1 Å². The van der Waals surface area contributed by atoms with Gasteiger partial charge in [0.05, 0.1) is 16.8 Å². The number of hydrogen-bond acceptors (Lipinski definition) is 6. The summed E-state index contributed by atoms with van der Waals surface area (Å²) in [5, 5.41) is 5.12. The summed E-state index contributed by atoms with van der Waals surface area (Å²) in [6, 6.07) is 10.7. The fourth-order valence-electron chi connectivity index (χ4n) is 3.81. The standard InChI is InChI=1S/C19H14Cl3N7O/c20-12-8-10-28-14(12)16(30)29(11-5-2-1-3-6-11)15(26-28)13-7-4-9-27(13)19-24-17(21)23-18(22)25-19/h1-3,5-6,8,10,13H,4,7,9H2/t13-/m0/s1. The largest absolute Gasteiger partial charge is 0.330 e. The van der Waals surface area contributed by atoms with E-state index >= 15 is 0 Å². The number of benzene rings is 1. The summed E-state index contributed by atoms with van der Waals surface area (Å²) in [4.78, 5) is 27.7. The van der Waals surface area contributed by atoms with Gasteiger partial charge in [-0.05, 0) is 54.2 Å². The highest BCUT2D eigenvalue weighted by Crippen LogP contribution is 2.35. The maximum Gasteiger partial charge on any atom is 0.284 e. The predicted molar refractivity (Wildman–Crippen MR) is 115 cm³/mol. The number of rotatable bonds is 3. The Morgan fingerprint density at radius 1 is 0.967 bits per heavy atom. The van der Waals surface area contributed by atoms with Crippen LogP contribution in [0, 0.1) is 0 Å². The van der Waals surface area contributed by atoms with Crippen molar-refractivity contribution >= 4 is 46.3 Å². The van der Waals surface area contributed by atoms with Crippen LogP contribution in [-0.2, 0) is 0 Å². The monoisotopic (exact) mass is 461 g/mol. The second-order valence-corrected chi connectivity index (χ2v) is 7.90. The van der Waals surface area contributed by atoms with Crippen LogP contribution in [-0.4, -0.2) is 35.7 Å². The van der Waals surface area contributed by atoms with Gasteiger partial charge in [0.2, 0.25) is 16.5 Å². The van der Waals surface area contributed by atoms with Crippen LogP contribution in [0.5, 0.6) is 0 Å². The summed E-state index contributed by atoms with van der Waals surface area (Å²) in [7, 11) is 0. The molecule has 0 spiro atoms. The molecule has 30 heavy (non-hydrogen) atoms. The normalized spacial score (nSPS) is 16.5. The molecule has 0 amide bonds. The highest BCUT2D eigenvalue weighted by Gasteiger charge is 2.33. The second kappa shape index (κ2) is 7.54. The smallest absolute Gasteiger partial charge is 0.284 e. The molecule has 1 aliphatic heterocycles. The van der Waals surface area contributed by atoms with Crippen molar-refractivity contribution < 1.29 is 0 Å². The van der Waals surface area contributed by atoms with Gasteiger partial charge in [-0.1, -0.05) is 29.8 Å². The van der Waals surface area contributed by atoms with Gasteiger partial charge in [0, 0.05) is 12.7 Å². The Labute approximate surface area is 185 Å². The molecule has 4 aromatic rings. The van der Waals surface area contributed by atoms with Crippen molar-refractivity contribution in [3.05, 3.63) is 74.4 Å². The molecule has 1 atom stereocenters. The molecule has 0 saturated carbocycles. The lowest BCUT2D eigenvalue weighted by molar-refractivity contribution is 0.596. The molecule has 0 unspecified atom stereocenters. The highest BCUT2D eigenvalue weighted by molar-refractivity contribution is 6.33. The Morgan fingerprint density at radius 2 is 1.70 bits per heavy atom. The molecule has 0 N–H and O–H groups in total. The van der Waals surface area contributed by atoms with Gasteiger partial charge in [-0.3, -0.25) is 9.36 Å². The van der Waals surface area contributed by atoms with Gasteiger partial charge < -0.3 is 4.90 Å². The Balaban J connectivity index is 1.74. The minimum absolute atomic E-state index is 0.0108. The van der Waals surface area contributed by atoms with E-state index in [0.29, 0.717) is 34.5 Å². The number of nitrogens with zero attached hydrogens (tertiary/aromatic N) is 7. The average molecular weight is 463 g/mol. The van der Waals surface area contributed by atoms with Crippen LogP contribution < -0.4 is 10.5 Å². The minimum Gasteiger partial charge on any atom is -0.330 e. The van der Waals surface area contributed by atoms with Crippen LogP contribution >= 0.6 is 34.8 Å². The zero-order valence-electron chi connectivity index (χ0n) is 15.4. The van der Waals surface area contributed by atoms with Crippen LogP contribution in [0.15, 0.2) is 47.4 Å². The van der Waals surface area contributed by atoms with E-state index in [1.807, 2.05) is 35.2 Å². The van der Waals surface area contributed by atoms with Gasteiger partial charge in [-0.15, -0.1) is 0 Å². The van der Waals surface area contributed by atoms with Gasteiger partial charge in [0.15, 0.2) is 5.82 Å². The van der Waals surface area contributed by atoms with Crippen LogP contribution in [0.4, 0.5) is 5.95 Å². The number of hydrogen-bond donors (Lipinski definition) is 0. The summed E-state index contributed by atoms with van der Waals surface area (Å²) >= 11 is 18.3. The molecule has 1 saturated heterocycles. The molecule has 3 aromatic heterocycles. The fraction of sp³-hybridized carbons (Fsp3) is 0.211. The summed E-state index contributed by atoms with van der Waals surface area (Å²) in [6.07, 6.45) is 3.29. The lowest BCUT2D eigenvalue weighted by Gasteiger charge is -2.26. The SMILES string of the molecule is O=c1c2c(Cl)ccn2nc([C@@H]2CCCN2c2nc(Cl)nc(Cl)n2)n1-c1ccccc1. The first-order chi connectivity index (χ1) is 14.5. The zero-order valence-corrected chi connectivity index (χ0v) is 17.7. The molecule has 0 radical (unpaired) electrons. The lowest BCUT2D eigenvalue weighted by atomic mass is 10.2. The van der Waals surface area contributed by atoms with Crippen LogP contribution in [0.3, 0.4) is 0 Å². The maximum atomic E-state index is 13.5. The van der Waals surface area contributed by atoms with E-state index < -0.39 is 0 Å². The van der Waals surface area contributed by atoms with Crippen molar-refractivity contribution in [2.75, 3.05) is 11.4 Å². The number of aromatic nitrogens is 6. The molecule has 152 valence electrons. The number of fused-ring (bicyclic) bond motifs is 1. The molecule has 1 fully saturated rings. The van der Waals surface area contributed by atoms with Gasteiger partial charge in [0.25, 0.3) is 5.56 Å². The Bertz CT molecular complexity index is 1280. The van der Waals surface area contributed by atoms with Crippen molar-refractivity contribution in [3.8, 4) is 5.69 Å². The molecule has 11 heteroatoms. The first-order valence-electron chi connectivity index (χ1n) is 9.22. The van der Waals surface area contributed by atoms with E-state index in [1.165, 1.54) is 4.52 Å². The summed E-state index contributed by atoms with van der Waals surface area (Å²) < 4.78 is 3.11. The number of anilines is 1. The fourth-order valence-corrected chi connectivity index (χ4v) is 4.39. The first-order valence-corrected chi connectivity index (χ1v) is 10.4. The van der Waals surface area contributed by atoms with E-state index in [-0.39, 0.29) is 22.2 Å². The van der Waals surface area contributed by atoms with E-state index in [9.17, 15) is 4.79 Å². The molecule has 8 nitrogen and oxygen atoms in total. The van der Waals surface area contributed by atoms with E-state index in [1.54, 1.807) is 16.8 Å². The number of para-hydroxylation sites is 1. The molecule has 0 aliphatic carbocycles. The summed E-state index contributed by atoms with van der Waals surface area (Å²) in [6.45, 7) is 0.663. The molecule has 1 aliphatic rings. The van der Waals surface area contributed by atoms with E-state index in [0.717, 1.165) is 12.8 Å². The third-order valence-electron chi connectivity index (χ3n) is 5.05. The average Bonchev–Trinajstić information content (AvgIpc) is 3.35. The summed E-state index contributed by atoms with van der Waals surface area (Å²) in [5.74, 6) is 0.901. The Kier molecular flexibility index (Phi) is 4.85. The second-order valence-electron chi connectivity index (χ2n) is 6.82. The third kappa shape index (κ3) is 3.21. The van der Waals surface area contributed by atoms with E-state index in [4.69, 9.17) is 39.9 Å². The quantitative estimate of drug-likeness (QED) is 0.458. The van der Waals surface area contributed by atoms with Crippen LogP contribution in [0.25, 0.3) is 11.2 Å². The molecule has 0 bridgehead atoms. The highest BCUT2D eigenvalue weighted by atomic mass is 35.5. The predicted octanol–water partition coefficient (Wildman–Crippen LogP) is 3.97. The summed E-state index contributed by atoms with van der Waals surface area (Å²) in [5.41, 5.74) is 0.767. The van der Waals surface area contributed by atoms with Crippen molar-refractivity contribution in [3.63, 3.8) is 0 Å².